The number of rotatable bonds is 6. The van der Waals surface area contributed by atoms with E-state index in [1.165, 1.54) is 5.56 Å². The van der Waals surface area contributed by atoms with E-state index in [9.17, 15) is 4.79 Å². The standard InChI is InChI=1S/C20H28N6O/c1-22-20(25-12-2-4-17(15-25)14-19(21)27)23-11-9-16-5-7-18(8-6-16)26-13-3-10-24-26/h3,5-8,10,13,17H,2,4,9,11-12,14-15H2,1H3,(H2,21,27)(H,22,23). The van der Waals surface area contributed by atoms with Crippen molar-refractivity contribution in [2.24, 2.45) is 16.6 Å². The zero-order valence-corrected chi connectivity index (χ0v) is 15.8. The van der Waals surface area contributed by atoms with Crippen LogP contribution in [0.2, 0.25) is 0 Å². The van der Waals surface area contributed by atoms with Crippen LogP contribution in [0, 0.1) is 5.92 Å². The molecule has 1 atom stereocenters. The van der Waals surface area contributed by atoms with Crippen LogP contribution in [0.3, 0.4) is 0 Å². The van der Waals surface area contributed by atoms with E-state index >= 15 is 0 Å². The van der Waals surface area contributed by atoms with Gasteiger partial charge < -0.3 is 16.0 Å². The molecule has 2 aromatic rings. The summed E-state index contributed by atoms with van der Waals surface area (Å²) in [4.78, 5) is 17.8. The van der Waals surface area contributed by atoms with Crippen molar-refractivity contribution >= 4 is 11.9 Å². The Morgan fingerprint density at radius 3 is 2.85 bits per heavy atom. The summed E-state index contributed by atoms with van der Waals surface area (Å²) in [5.74, 6) is 1.00. The zero-order chi connectivity index (χ0) is 19.1. The first-order chi connectivity index (χ1) is 13.2. The maximum Gasteiger partial charge on any atom is 0.217 e. The number of benzene rings is 1. The first-order valence-corrected chi connectivity index (χ1v) is 9.48. The van der Waals surface area contributed by atoms with Crippen molar-refractivity contribution in [2.75, 3.05) is 26.7 Å². The van der Waals surface area contributed by atoms with E-state index in [2.05, 4.69) is 44.6 Å². The van der Waals surface area contributed by atoms with Crippen LogP contribution in [-0.4, -0.2) is 53.2 Å². The molecule has 3 N–H and O–H groups in total. The number of aliphatic imine (C=N–C) groups is 1. The second kappa shape index (κ2) is 9.21. The largest absolute Gasteiger partial charge is 0.370 e. The molecule has 1 aliphatic rings. The topological polar surface area (TPSA) is 88.5 Å². The number of nitrogens with two attached hydrogens (primary N) is 1. The molecule has 1 aliphatic heterocycles. The van der Waals surface area contributed by atoms with Gasteiger partial charge in [0.25, 0.3) is 0 Å². The number of piperidine rings is 1. The third-order valence-corrected chi connectivity index (χ3v) is 4.92. The lowest BCUT2D eigenvalue weighted by Crippen LogP contribution is -2.47. The number of hydrogen-bond acceptors (Lipinski definition) is 3. The summed E-state index contributed by atoms with van der Waals surface area (Å²) < 4.78 is 1.85. The Morgan fingerprint density at radius 2 is 2.19 bits per heavy atom. The lowest BCUT2D eigenvalue weighted by Gasteiger charge is -2.34. The maximum atomic E-state index is 11.2. The molecular weight excluding hydrogens is 340 g/mol. The van der Waals surface area contributed by atoms with Crippen LogP contribution < -0.4 is 11.1 Å². The first kappa shape index (κ1) is 18.9. The quantitative estimate of drug-likeness (QED) is 0.598. The van der Waals surface area contributed by atoms with Crippen molar-refractivity contribution < 1.29 is 4.79 Å². The van der Waals surface area contributed by atoms with Crippen LogP contribution in [0.4, 0.5) is 0 Å². The van der Waals surface area contributed by atoms with Gasteiger partial charge in [-0.2, -0.15) is 5.10 Å². The SMILES string of the molecule is CN=C(NCCc1ccc(-n2cccn2)cc1)N1CCCC(CC(N)=O)C1. The van der Waals surface area contributed by atoms with Crippen molar-refractivity contribution in [2.45, 2.75) is 25.7 Å². The summed E-state index contributed by atoms with van der Waals surface area (Å²) in [6.45, 7) is 2.61. The highest BCUT2D eigenvalue weighted by Crippen LogP contribution is 2.19. The molecule has 1 aromatic carbocycles. The van der Waals surface area contributed by atoms with E-state index < -0.39 is 0 Å². The Balaban J connectivity index is 1.49. The van der Waals surface area contributed by atoms with Crippen molar-refractivity contribution in [3.8, 4) is 5.69 Å². The molecule has 1 aromatic heterocycles. The van der Waals surface area contributed by atoms with Gasteiger partial charge in [0.05, 0.1) is 5.69 Å². The molecule has 0 saturated carbocycles. The molecule has 2 heterocycles. The molecule has 144 valence electrons. The molecule has 1 saturated heterocycles. The Kier molecular flexibility index (Phi) is 6.46. The van der Waals surface area contributed by atoms with Crippen LogP contribution in [0.25, 0.3) is 5.69 Å². The molecule has 0 aliphatic carbocycles. The van der Waals surface area contributed by atoms with Gasteiger partial charge in [0.15, 0.2) is 5.96 Å². The van der Waals surface area contributed by atoms with Crippen LogP contribution in [-0.2, 0) is 11.2 Å². The minimum Gasteiger partial charge on any atom is -0.370 e. The van der Waals surface area contributed by atoms with E-state index in [1.807, 2.05) is 16.9 Å². The second-order valence-electron chi connectivity index (χ2n) is 6.97. The average Bonchev–Trinajstić information content (AvgIpc) is 3.20. The molecule has 0 spiro atoms. The monoisotopic (exact) mass is 368 g/mol. The van der Waals surface area contributed by atoms with Gasteiger partial charge in [-0.1, -0.05) is 12.1 Å². The fourth-order valence-corrected chi connectivity index (χ4v) is 3.60. The lowest BCUT2D eigenvalue weighted by atomic mass is 9.95. The lowest BCUT2D eigenvalue weighted by molar-refractivity contribution is -0.119. The summed E-state index contributed by atoms with van der Waals surface area (Å²) in [7, 11) is 1.80. The van der Waals surface area contributed by atoms with Gasteiger partial charge in [-0.3, -0.25) is 9.79 Å². The number of amides is 1. The Bertz CT molecular complexity index is 753. The third kappa shape index (κ3) is 5.32. The fourth-order valence-electron chi connectivity index (χ4n) is 3.60. The predicted octanol–water partition coefficient (Wildman–Crippen LogP) is 1.58. The van der Waals surface area contributed by atoms with Crippen LogP contribution in [0.1, 0.15) is 24.8 Å². The Morgan fingerprint density at radius 1 is 1.37 bits per heavy atom. The molecule has 27 heavy (non-hydrogen) atoms. The molecule has 0 radical (unpaired) electrons. The van der Waals surface area contributed by atoms with Crippen LogP contribution in [0.5, 0.6) is 0 Å². The van der Waals surface area contributed by atoms with Gasteiger partial charge in [0.1, 0.15) is 0 Å². The van der Waals surface area contributed by atoms with Gasteiger partial charge in [-0.25, -0.2) is 4.68 Å². The molecular formula is C20H28N6O. The highest BCUT2D eigenvalue weighted by Gasteiger charge is 2.23. The molecule has 1 amide bonds. The third-order valence-electron chi connectivity index (χ3n) is 4.92. The normalized spacial score (nSPS) is 17.7. The number of guanidine groups is 1. The summed E-state index contributed by atoms with van der Waals surface area (Å²) in [6, 6.07) is 10.3. The van der Waals surface area contributed by atoms with Crippen molar-refractivity contribution in [3.05, 3.63) is 48.3 Å². The maximum absolute atomic E-state index is 11.2. The highest BCUT2D eigenvalue weighted by molar-refractivity contribution is 5.80. The van der Waals surface area contributed by atoms with E-state index in [4.69, 9.17) is 5.73 Å². The van der Waals surface area contributed by atoms with Crippen LogP contribution >= 0.6 is 0 Å². The summed E-state index contributed by atoms with van der Waals surface area (Å²) in [6.07, 6.45) is 7.20. The minimum atomic E-state index is -0.219. The first-order valence-electron chi connectivity index (χ1n) is 9.48. The zero-order valence-electron chi connectivity index (χ0n) is 15.8. The molecule has 1 unspecified atom stereocenters. The van der Waals surface area contributed by atoms with E-state index in [-0.39, 0.29) is 5.91 Å². The molecule has 7 heteroatoms. The van der Waals surface area contributed by atoms with Crippen molar-refractivity contribution in [1.82, 2.24) is 20.0 Å². The van der Waals surface area contributed by atoms with Crippen molar-refractivity contribution in [1.29, 1.82) is 0 Å². The Labute approximate surface area is 160 Å². The number of nitrogens with zero attached hydrogens (tertiary/aromatic N) is 4. The second-order valence-corrected chi connectivity index (χ2v) is 6.97. The van der Waals surface area contributed by atoms with E-state index in [0.717, 1.165) is 50.5 Å². The van der Waals surface area contributed by atoms with Gasteiger partial charge in [0.2, 0.25) is 5.91 Å². The average molecular weight is 368 g/mol. The smallest absolute Gasteiger partial charge is 0.217 e. The summed E-state index contributed by atoms with van der Waals surface area (Å²) in [5.41, 5.74) is 7.67. The number of primary amides is 1. The van der Waals surface area contributed by atoms with Gasteiger partial charge >= 0.3 is 0 Å². The molecule has 1 fully saturated rings. The number of carbonyl (C=O) groups excluding carboxylic acids is 1. The number of nitrogens with one attached hydrogen (secondary N) is 1. The summed E-state index contributed by atoms with van der Waals surface area (Å²) in [5, 5.41) is 7.69. The van der Waals surface area contributed by atoms with Crippen LogP contribution in [0.15, 0.2) is 47.7 Å². The van der Waals surface area contributed by atoms with E-state index in [0.29, 0.717) is 12.3 Å². The van der Waals surface area contributed by atoms with Gasteiger partial charge in [0, 0.05) is 45.5 Å². The molecule has 0 bridgehead atoms. The molecule has 3 rings (SSSR count). The number of aromatic nitrogens is 2. The van der Waals surface area contributed by atoms with Gasteiger partial charge in [-0.05, 0) is 48.9 Å². The van der Waals surface area contributed by atoms with Crippen molar-refractivity contribution in [3.63, 3.8) is 0 Å². The highest BCUT2D eigenvalue weighted by atomic mass is 16.1. The number of hydrogen-bond donors (Lipinski definition) is 2. The predicted molar refractivity (Wildman–Crippen MR) is 107 cm³/mol. The summed E-state index contributed by atoms with van der Waals surface area (Å²) >= 11 is 0. The fraction of sp³-hybridized carbons (Fsp3) is 0.450. The number of likely N-dealkylation sites (tertiary alicyclic amines) is 1. The van der Waals surface area contributed by atoms with E-state index in [1.54, 1.807) is 13.2 Å². The minimum absolute atomic E-state index is 0.219. The number of carbonyl (C=O) groups is 1. The molecule has 7 nitrogen and oxygen atoms in total. The van der Waals surface area contributed by atoms with Gasteiger partial charge in [-0.15, -0.1) is 0 Å². The Hall–Kier alpha value is -2.83.